The lowest BCUT2D eigenvalue weighted by Crippen LogP contribution is -2.36. The summed E-state index contributed by atoms with van der Waals surface area (Å²) >= 11 is 11.2. The van der Waals surface area contributed by atoms with E-state index in [1.54, 1.807) is 23.4 Å². The fraction of sp³-hybridized carbons (Fsp3) is 0.344. The lowest BCUT2D eigenvalue weighted by molar-refractivity contribution is -0.542. The molecule has 0 bridgehead atoms. The van der Waals surface area contributed by atoms with Crippen LogP contribution in [0, 0.1) is 0 Å². The maximum absolute atomic E-state index is 13.2. The average Bonchev–Trinajstić information content (AvgIpc) is 3.49. The Bertz CT molecular complexity index is 1870. The molecule has 0 spiro atoms. The zero-order valence-corrected chi connectivity index (χ0v) is 29.3. The molecule has 11 nitrogen and oxygen atoms in total. The van der Waals surface area contributed by atoms with Crippen molar-refractivity contribution in [2.24, 2.45) is 0 Å². The van der Waals surface area contributed by atoms with Crippen LogP contribution in [0.3, 0.4) is 0 Å². The standard InChI is InChI=1S/C32H37Cl2N5O6S2/c1-4-36-26-14-13-24(33)21-27(26)39(15-10-20-47(41,42)43)32(36)12-9-7-8-11-31-37(5-2)28-22-25(34)30(23-29(28)38(31)6-3)46(40)45-35-16-18-44-19-17-35/h4,7-9,11-14,21-23H,1,5-6,10,15-20H2,2-3H3. The molecule has 47 heavy (non-hydrogen) atoms. The predicted molar refractivity (Wildman–Crippen MR) is 186 cm³/mol. The van der Waals surface area contributed by atoms with Gasteiger partial charge in [0.15, 0.2) is 11.0 Å². The van der Waals surface area contributed by atoms with Gasteiger partial charge in [-0.2, -0.15) is 13.9 Å². The van der Waals surface area contributed by atoms with Gasteiger partial charge < -0.3 is 19.1 Å². The van der Waals surface area contributed by atoms with Crippen molar-refractivity contribution in [2.45, 2.75) is 31.7 Å². The highest BCUT2D eigenvalue weighted by atomic mass is 35.5. The minimum absolute atomic E-state index is 0.154. The molecule has 1 saturated heterocycles. The topological polar surface area (TPSA) is 111 Å². The number of aryl methyl sites for hydroxylation is 1. The van der Waals surface area contributed by atoms with E-state index in [9.17, 15) is 17.2 Å². The molecule has 1 fully saturated rings. The Hall–Kier alpha value is -3.01. The van der Waals surface area contributed by atoms with E-state index in [1.165, 1.54) is 0 Å². The summed E-state index contributed by atoms with van der Waals surface area (Å²) in [4.78, 5) is 4.69. The number of aromatic nitrogens is 2. The van der Waals surface area contributed by atoms with E-state index in [4.69, 9.17) is 32.2 Å². The van der Waals surface area contributed by atoms with Crippen molar-refractivity contribution in [3.8, 4) is 0 Å². The van der Waals surface area contributed by atoms with Crippen LogP contribution in [0.25, 0.3) is 23.3 Å². The largest absolute Gasteiger partial charge is 0.748 e. The molecule has 1 aromatic heterocycles. The molecule has 1 unspecified atom stereocenters. The third-order valence-electron chi connectivity index (χ3n) is 7.80. The van der Waals surface area contributed by atoms with Crippen LogP contribution in [0.2, 0.25) is 10.0 Å². The van der Waals surface area contributed by atoms with Crippen LogP contribution in [-0.4, -0.2) is 72.0 Å². The monoisotopic (exact) mass is 721 g/mol. The van der Waals surface area contributed by atoms with Crippen molar-refractivity contribution < 1.29 is 30.8 Å². The van der Waals surface area contributed by atoms with Crippen molar-refractivity contribution in [1.82, 2.24) is 9.63 Å². The Morgan fingerprint density at radius 3 is 2.43 bits per heavy atom. The lowest BCUT2D eigenvalue weighted by atomic mass is 10.2. The van der Waals surface area contributed by atoms with Gasteiger partial charge in [0.05, 0.1) is 57.4 Å². The second-order valence-electron chi connectivity index (χ2n) is 10.7. The summed E-state index contributed by atoms with van der Waals surface area (Å²) in [6.07, 6.45) is 11.4. The number of nitrogens with zero attached hydrogens (tertiary/aromatic N) is 5. The highest BCUT2D eigenvalue weighted by Gasteiger charge is 2.32. The van der Waals surface area contributed by atoms with Gasteiger partial charge in [-0.05, 0) is 50.6 Å². The van der Waals surface area contributed by atoms with Crippen molar-refractivity contribution >= 4 is 79.1 Å². The number of morpholine rings is 1. The smallest absolute Gasteiger partial charge is 0.287 e. The molecule has 252 valence electrons. The van der Waals surface area contributed by atoms with Gasteiger partial charge in [-0.25, -0.2) is 17.2 Å². The molecule has 0 amide bonds. The number of hydrogen-bond donors (Lipinski definition) is 0. The van der Waals surface area contributed by atoms with Gasteiger partial charge in [-0.15, -0.1) is 0 Å². The number of allylic oxidation sites excluding steroid dienone is 4. The number of halogens is 2. The van der Waals surface area contributed by atoms with Gasteiger partial charge in [-0.3, -0.25) is 0 Å². The number of hydroxylamine groups is 2. The number of fused-ring (bicyclic) bond motifs is 2. The second-order valence-corrected chi connectivity index (χ2v) is 14.1. The van der Waals surface area contributed by atoms with Gasteiger partial charge in [0, 0.05) is 49.1 Å². The van der Waals surface area contributed by atoms with E-state index in [0.29, 0.717) is 60.9 Å². The highest BCUT2D eigenvalue weighted by molar-refractivity contribution is 7.85. The maximum Gasteiger partial charge on any atom is 0.287 e. The normalized spacial score (nSPS) is 17.5. The van der Waals surface area contributed by atoms with Gasteiger partial charge in [0.25, 0.3) is 5.82 Å². The van der Waals surface area contributed by atoms with Gasteiger partial charge >= 0.3 is 0 Å². The third-order valence-corrected chi connectivity index (χ3v) is 10.3. The first-order valence-electron chi connectivity index (χ1n) is 15.2. The number of ether oxygens (including phenoxy) is 1. The molecular weight excluding hydrogens is 685 g/mol. The molecule has 3 aromatic rings. The van der Waals surface area contributed by atoms with Crippen LogP contribution in [0.5, 0.6) is 0 Å². The van der Waals surface area contributed by atoms with Crippen molar-refractivity contribution in [3.63, 3.8) is 0 Å². The summed E-state index contributed by atoms with van der Waals surface area (Å²) in [5.41, 5.74) is 3.44. The zero-order chi connectivity index (χ0) is 33.7. The fourth-order valence-corrected chi connectivity index (χ4v) is 7.57. The van der Waals surface area contributed by atoms with E-state index in [2.05, 4.69) is 23.3 Å². The molecule has 2 aliphatic heterocycles. The lowest BCUT2D eigenvalue weighted by Gasteiger charge is -2.24. The Morgan fingerprint density at radius 1 is 1.06 bits per heavy atom. The quantitative estimate of drug-likeness (QED) is 0.131. The molecule has 1 atom stereocenters. The Labute approximate surface area is 287 Å². The number of anilines is 2. The van der Waals surface area contributed by atoms with E-state index in [-0.39, 0.29) is 6.42 Å². The fourth-order valence-electron chi connectivity index (χ4n) is 5.72. The number of hydrogen-bond acceptors (Lipinski definition) is 9. The second kappa shape index (κ2) is 15.5. The van der Waals surface area contributed by atoms with E-state index in [0.717, 1.165) is 34.1 Å². The number of benzene rings is 2. The Balaban J connectivity index is 1.41. The first-order chi connectivity index (χ1) is 22.6. The third kappa shape index (κ3) is 8.01. The average molecular weight is 723 g/mol. The van der Waals surface area contributed by atoms with Gasteiger partial charge in [-0.1, -0.05) is 48.0 Å². The summed E-state index contributed by atoms with van der Waals surface area (Å²) in [7, 11) is -4.34. The zero-order valence-electron chi connectivity index (χ0n) is 26.2. The molecule has 2 aromatic carbocycles. The summed E-state index contributed by atoms with van der Waals surface area (Å²) in [5.74, 6) is 1.21. The molecule has 0 radical (unpaired) electrons. The van der Waals surface area contributed by atoms with Crippen molar-refractivity contribution in [1.29, 1.82) is 0 Å². The first-order valence-corrected chi connectivity index (χ1v) is 18.6. The molecule has 2 aliphatic rings. The van der Waals surface area contributed by atoms with Crippen LogP contribution >= 0.6 is 23.2 Å². The van der Waals surface area contributed by atoms with Crippen LogP contribution in [0.15, 0.2) is 71.9 Å². The van der Waals surface area contributed by atoms with Crippen LogP contribution in [0.1, 0.15) is 26.1 Å². The minimum Gasteiger partial charge on any atom is -0.748 e. The molecule has 0 N–H and O–H groups in total. The van der Waals surface area contributed by atoms with Gasteiger partial charge in [0.1, 0.15) is 5.82 Å². The molecule has 0 aliphatic carbocycles. The Kier molecular flexibility index (Phi) is 11.6. The van der Waals surface area contributed by atoms with E-state index in [1.807, 2.05) is 64.6 Å². The van der Waals surface area contributed by atoms with Crippen molar-refractivity contribution in [2.75, 3.05) is 54.9 Å². The van der Waals surface area contributed by atoms with E-state index >= 15 is 0 Å². The predicted octanol–water partition coefficient (Wildman–Crippen LogP) is 5.34. The highest BCUT2D eigenvalue weighted by Crippen LogP contribution is 2.45. The minimum atomic E-state index is -4.34. The van der Waals surface area contributed by atoms with Crippen LogP contribution in [0.4, 0.5) is 11.4 Å². The molecule has 5 rings (SSSR count). The number of rotatable bonds is 13. The van der Waals surface area contributed by atoms with Gasteiger partial charge in [0.2, 0.25) is 11.1 Å². The first kappa shape index (κ1) is 35.3. The molecule has 3 heterocycles. The Morgan fingerprint density at radius 2 is 1.77 bits per heavy atom. The number of imidazole rings is 1. The van der Waals surface area contributed by atoms with Crippen molar-refractivity contribution in [3.05, 3.63) is 82.9 Å². The van der Waals surface area contributed by atoms with Crippen LogP contribution in [-0.2, 0) is 36.8 Å². The van der Waals surface area contributed by atoms with Crippen LogP contribution < -0.4 is 14.4 Å². The summed E-state index contributed by atoms with van der Waals surface area (Å²) in [6, 6.07) is 9.12. The summed E-state index contributed by atoms with van der Waals surface area (Å²) in [6.45, 7) is 11.8. The molecule has 15 heteroatoms. The molecule has 0 saturated carbocycles. The SMILES string of the molecule is C=C[n+]1c(/C=C/C=C/C=C2\N(CC)c3cc(Cl)c(S(=O)ON4CCOCC4)cc3N2CC)n(CCCS(=O)(=O)[O-])c2cc(Cl)ccc21. The summed E-state index contributed by atoms with van der Waals surface area (Å²) < 4.78 is 61.8. The summed E-state index contributed by atoms with van der Waals surface area (Å²) in [5, 5.41) is 2.55. The maximum atomic E-state index is 13.2. The molecular formula is C32H37Cl2N5O6S2. The van der Waals surface area contributed by atoms with E-state index < -0.39 is 27.0 Å².